The van der Waals surface area contributed by atoms with Crippen molar-refractivity contribution in [3.63, 3.8) is 0 Å². The van der Waals surface area contributed by atoms with Gasteiger partial charge in [-0.25, -0.2) is 0 Å². The molecule has 2 aromatic rings. The van der Waals surface area contributed by atoms with Gasteiger partial charge in [0.05, 0.1) is 6.61 Å². The van der Waals surface area contributed by atoms with Gasteiger partial charge in [0.1, 0.15) is 11.3 Å². The summed E-state index contributed by atoms with van der Waals surface area (Å²) in [5, 5.41) is 2.89. The third-order valence-electron chi connectivity index (χ3n) is 4.84. The van der Waals surface area contributed by atoms with E-state index in [2.05, 4.69) is 16.4 Å². The van der Waals surface area contributed by atoms with Gasteiger partial charge in [-0.2, -0.15) is 0 Å². The van der Waals surface area contributed by atoms with Crippen LogP contribution >= 0.6 is 0 Å². The van der Waals surface area contributed by atoms with Crippen LogP contribution in [-0.2, 0) is 19.3 Å². The number of H-pyrrole nitrogens is 1. The number of ether oxygens (including phenoxy) is 1. The van der Waals surface area contributed by atoms with E-state index in [1.807, 2.05) is 18.2 Å². The van der Waals surface area contributed by atoms with E-state index in [1.54, 1.807) is 6.07 Å². The Hall–Kier alpha value is -2.56. The van der Waals surface area contributed by atoms with Crippen LogP contribution < -0.4 is 15.6 Å². The molecule has 5 nitrogen and oxygen atoms in total. The molecule has 5 heteroatoms. The minimum Gasteiger partial charge on any atom is -0.493 e. The van der Waals surface area contributed by atoms with Crippen LogP contribution in [0.4, 0.5) is 0 Å². The van der Waals surface area contributed by atoms with Gasteiger partial charge in [-0.05, 0) is 48.9 Å². The maximum atomic E-state index is 12.4. The van der Waals surface area contributed by atoms with Crippen LogP contribution in [-0.4, -0.2) is 24.0 Å². The first-order valence-corrected chi connectivity index (χ1v) is 8.44. The second kappa shape index (κ2) is 6.15. The van der Waals surface area contributed by atoms with Crippen LogP contribution in [0.25, 0.3) is 0 Å². The molecular formula is C19H20N2O3. The summed E-state index contributed by atoms with van der Waals surface area (Å²) in [6, 6.07) is 9.72. The number of hydrogen-bond acceptors (Lipinski definition) is 3. The summed E-state index contributed by atoms with van der Waals surface area (Å²) in [7, 11) is 0. The van der Waals surface area contributed by atoms with Gasteiger partial charge in [-0.15, -0.1) is 0 Å². The first-order valence-electron chi connectivity index (χ1n) is 8.44. The fourth-order valence-electron chi connectivity index (χ4n) is 3.54. The summed E-state index contributed by atoms with van der Waals surface area (Å²) in [6.45, 7) is 1.08. The number of carbonyl (C=O) groups is 1. The van der Waals surface area contributed by atoms with Crippen molar-refractivity contribution in [3.05, 3.63) is 63.1 Å². The summed E-state index contributed by atoms with van der Waals surface area (Å²) in [6.07, 6.45) is 3.73. The number of aryl methyl sites for hydroxylation is 2. The van der Waals surface area contributed by atoms with Crippen molar-refractivity contribution < 1.29 is 9.53 Å². The molecular weight excluding hydrogens is 304 g/mol. The number of fused-ring (bicyclic) bond motifs is 2. The minimum absolute atomic E-state index is 0.216. The van der Waals surface area contributed by atoms with Crippen LogP contribution in [0.3, 0.4) is 0 Å². The van der Waals surface area contributed by atoms with Crippen LogP contribution in [0.5, 0.6) is 5.75 Å². The third kappa shape index (κ3) is 2.82. The molecule has 2 heterocycles. The number of aromatic amines is 1. The number of nitrogens with one attached hydrogen (secondary N) is 2. The number of amides is 1. The van der Waals surface area contributed by atoms with E-state index >= 15 is 0 Å². The van der Waals surface area contributed by atoms with Crippen molar-refractivity contribution in [2.24, 2.45) is 5.92 Å². The number of carbonyl (C=O) groups excluding carboxylic acids is 1. The maximum Gasteiger partial charge on any atom is 0.261 e. The Labute approximate surface area is 140 Å². The number of benzene rings is 1. The number of rotatable bonds is 3. The summed E-state index contributed by atoms with van der Waals surface area (Å²) in [5.74, 6) is 0.845. The summed E-state index contributed by atoms with van der Waals surface area (Å²) < 4.78 is 5.74. The SMILES string of the molecule is O=C(NC[C@H]1COc2ccccc2C1)c1cc2c([nH]c1=O)CCC2. The highest BCUT2D eigenvalue weighted by atomic mass is 16.5. The van der Waals surface area contributed by atoms with Gasteiger partial charge in [-0.3, -0.25) is 9.59 Å². The quantitative estimate of drug-likeness (QED) is 0.905. The Kier molecular flexibility index (Phi) is 3.84. The van der Waals surface area contributed by atoms with Crippen molar-refractivity contribution in [2.75, 3.05) is 13.2 Å². The molecule has 4 rings (SSSR count). The molecule has 124 valence electrons. The van der Waals surface area contributed by atoms with Gasteiger partial charge in [0, 0.05) is 18.2 Å². The van der Waals surface area contributed by atoms with E-state index in [-0.39, 0.29) is 22.9 Å². The van der Waals surface area contributed by atoms with Gasteiger partial charge < -0.3 is 15.0 Å². The molecule has 1 aliphatic carbocycles. The topological polar surface area (TPSA) is 71.2 Å². The average molecular weight is 324 g/mol. The van der Waals surface area contributed by atoms with Gasteiger partial charge in [0.25, 0.3) is 11.5 Å². The molecule has 0 radical (unpaired) electrons. The van der Waals surface area contributed by atoms with Crippen molar-refractivity contribution >= 4 is 5.91 Å². The summed E-state index contributed by atoms with van der Waals surface area (Å²) in [4.78, 5) is 27.3. The highest BCUT2D eigenvalue weighted by molar-refractivity contribution is 5.94. The predicted octanol–water partition coefficient (Wildman–Crippen LogP) is 1.84. The van der Waals surface area contributed by atoms with Crippen LogP contribution in [0.2, 0.25) is 0 Å². The third-order valence-corrected chi connectivity index (χ3v) is 4.84. The summed E-state index contributed by atoms with van der Waals surface area (Å²) >= 11 is 0. The molecule has 1 aromatic heterocycles. The van der Waals surface area contributed by atoms with E-state index in [0.29, 0.717) is 13.2 Å². The van der Waals surface area contributed by atoms with E-state index in [4.69, 9.17) is 4.74 Å². The van der Waals surface area contributed by atoms with E-state index in [9.17, 15) is 9.59 Å². The van der Waals surface area contributed by atoms with Gasteiger partial charge in [-0.1, -0.05) is 18.2 Å². The lowest BCUT2D eigenvalue weighted by Crippen LogP contribution is -2.37. The van der Waals surface area contributed by atoms with E-state index < -0.39 is 0 Å². The van der Waals surface area contributed by atoms with Crippen LogP contribution in [0.15, 0.2) is 35.1 Å². The molecule has 0 saturated carbocycles. The molecule has 0 unspecified atom stereocenters. The molecule has 1 aromatic carbocycles. The number of pyridine rings is 1. The lowest BCUT2D eigenvalue weighted by atomic mass is 9.96. The van der Waals surface area contributed by atoms with Crippen LogP contribution in [0, 0.1) is 5.92 Å². The second-order valence-electron chi connectivity index (χ2n) is 6.57. The Bertz CT molecular complexity index is 841. The molecule has 1 aliphatic heterocycles. The first kappa shape index (κ1) is 15.0. The normalized spacial score (nSPS) is 18.4. The zero-order valence-electron chi connectivity index (χ0n) is 13.4. The number of hydrogen-bond donors (Lipinski definition) is 2. The number of para-hydroxylation sites is 1. The molecule has 0 spiro atoms. The van der Waals surface area contributed by atoms with Crippen molar-refractivity contribution in [1.29, 1.82) is 0 Å². The average Bonchev–Trinajstić information content (AvgIpc) is 3.06. The standard InChI is InChI=1S/C19H20N2O3/c22-18(15-9-13-5-3-6-16(13)21-19(15)23)20-10-12-8-14-4-1-2-7-17(14)24-11-12/h1-2,4,7,9,12H,3,5-6,8,10-11H2,(H,20,22)(H,21,23)/t12-/m0/s1. The van der Waals surface area contributed by atoms with E-state index in [1.165, 1.54) is 5.56 Å². The Balaban J connectivity index is 1.42. The highest BCUT2D eigenvalue weighted by Gasteiger charge is 2.22. The lowest BCUT2D eigenvalue weighted by molar-refractivity contribution is 0.0937. The highest BCUT2D eigenvalue weighted by Crippen LogP contribution is 2.26. The second-order valence-corrected chi connectivity index (χ2v) is 6.57. The Morgan fingerprint density at radius 2 is 2.12 bits per heavy atom. The molecule has 0 bridgehead atoms. The Morgan fingerprint density at radius 1 is 1.25 bits per heavy atom. The zero-order valence-corrected chi connectivity index (χ0v) is 13.4. The van der Waals surface area contributed by atoms with Crippen LogP contribution in [0.1, 0.15) is 33.6 Å². The smallest absolute Gasteiger partial charge is 0.261 e. The zero-order chi connectivity index (χ0) is 16.5. The van der Waals surface area contributed by atoms with E-state index in [0.717, 1.165) is 42.7 Å². The monoisotopic (exact) mass is 324 g/mol. The molecule has 1 amide bonds. The van der Waals surface area contributed by atoms with Gasteiger partial charge in [0.15, 0.2) is 0 Å². The minimum atomic E-state index is -0.301. The molecule has 0 fully saturated rings. The largest absolute Gasteiger partial charge is 0.493 e. The lowest BCUT2D eigenvalue weighted by Gasteiger charge is -2.25. The predicted molar refractivity (Wildman–Crippen MR) is 90.6 cm³/mol. The molecule has 0 saturated heterocycles. The molecule has 24 heavy (non-hydrogen) atoms. The molecule has 2 aliphatic rings. The van der Waals surface area contributed by atoms with Crippen molar-refractivity contribution in [3.8, 4) is 5.75 Å². The first-order chi connectivity index (χ1) is 11.7. The summed E-state index contributed by atoms with van der Waals surface area (Å²) in [5.41, 5.74) is 3.16. The molecule has 1 atom stereocenters. The fraction of sp³-hybridized carbons (Fsp3) is 0.368. The fourth-order valence-corrected chi connectivity index (χ4v) is 3.54. The van der Waals surface area contributed by atoms with Crippen molar-refractivity contribution in [2.45, 2.75) is 25.7 Å². The Morgan fingerprint density at radius 3 is 3.04 bits per heavy atom. The van der Waals surface area contributed by atoms with Crippen molar-refractivity contribution in [1.82, 2.24) is 10.3 Å². The van der Waals surface area contributed by atoms with Gasteiger partial charge in [0.2, 0.25) is 0 Å². The molecule has 2 N–H and O–H groups in total. The maximum absolute atomic E-state index is 12.4. The number of aromatic nitrogens is 1. The van der Waals surface area contributed by atoms with Gasteiger partial charge >= 0.3 is 0 Å².